The lowest BCUT2D eigenvalue weighted by atomic mass is 10.1. The number of halogens is 1. The van der Waals surface area contributed by atoms with E-state index in [0.29, 0.717) is 16.4 Å². The summed E-state index contributed by atoms with van der Waals surface area (Å²) in [5.41, 5.74) is 2.42. The lowest BCUT2D eigenvalue weighted by molar-refractivity contribution is 0.0601. The second-order valence-electron chi connectivity index (χ2n) is 5.17. The molecule has 3 aromatic rings. The molecule has 0 spiro atoms. The number of nitrogens with zero attached hydrogens (tertiary/aromatic N) is 1. The highest BCUT2D eigenvalue weighted by atomic mass is 35.5. The van der Waals surface area contributed by atoms with Gasteiger partial charge in [-0.05, 0) is 54.3 Å². The van der Waals surface area contributed by atoms with Gasteiger partial charge in [-0.2, -0.15) is 0 Å². The molecule has 1 heterocycles. The summed E-state index contributed by atoms with van der Waals surface area (Å²) in [6, 6.07) is 12.9. The Balaban J connectivity index is 2.07. The molecule has 5 heteroatoms. The van der Waals surface area contributed by atoms with E-state index >= 15 is 0 Å². The molecular formula is C18H15ClN2O2. The number of hydrogen-bond acceptors (Lipinski definition) is 4. The molecule has 1 aromatic heterocycles. The van der Waals surface area contributed by atoms with E-state index in [1.165, 1.54) is 7.11 Å². The standard InChI is InChI=1S/C18H15ClN2O2/c1-11-9-14(19)5-6-16(11)21-17-15-10-13(18(22)23-2)4-3-12(15)7-8-20-17/h3-10H,1-2H3,(H,20,21). The quantitative estimate of drug-likeness (QED) is 0.707. The molecule has 0 aliphatic carbocycles. The van der Waals surface area contributed by atoms with Gasteiger partial charge in [0.2, 0.25) is 0 Å². The molecule has 0 bridgehead atoms. The van der Waals surface area contributed by atoms with Gasteiger partial charge in [0, 0.05) is 22.3 Å². The highest BCUT2D eigenvalue weighted by molar-refractivity contribution is 6.30. The number of methoxy groups -OCH3 is 1. The maximum Gasteiger partial charge on any atom is 0.337 e. The number of pyridine rings is 1. The first kappa shape index (κ1) is 15.3. The lowest BCUT2D eigenvalue weighted by Gasteiger charge is -2.12. The first-order valence-electron chi connectivity index (χ1n) is 7.09. The van der Waals surface area contributed by atoms with Gasteiger partial charge in [0.1, 0.15) is 5.82 Å². The third-order valence-electron chi connectivity index (χ3n) is 3.63. The zero-order chi connectivity index (χ0) is 16.4. The predicted octanol–water partition coefficient (Wildman–Crippen LogP) is 4.73. The molecule has 0 unspecified atom stereocenters. The lowest BCUT2D eigenvalue weighted by Crippen LogP contribution is -2.02. The van der Waals surface area contributed by atoms with Crippen molar-refractivity contribution in [1.82, 2.24) is 4.98 Å². The summed E-state index contributed by atoms with van der Waals surface area (Å²) >= 11 is 5.99. The van der Waals surface area contributed by atoms with Crippen LogP contribution in [-0.4, -0.2) is 18.1 Å². The van der Waals surface area contributed by atoms with Gasteiger partial charge in [-0.25, -0.2) is 9.78 Å². The summed E-state index contributed by atoms with van der Waals surface area (Å²) in [6.45, 7) is 1.97. The summed E-state index contributed by atoms with van der Waals surface area (Å²) in [5, 5.41) is 5.83. The molecule has 1 N–H and O–H groups in total. The fourth-order valence-corrected chi connectivity index (χ4v) is 2.63. The summed E-state index contributed by atoms with van der Waals surface area (Å²) in [6.07, 6.45) is 1.73. The number of ether oxygens (including phenoxy) is 1. The monoisotopic (exact) mass is 326 g/mol. The molecule has 0 amide bonds. The van der Waals surface area contributed by atoms with Crippen molar-refractivity contribution in [2.45, 2.75) is 6.92 Å². The van der Waals surface area contributed by atoms with Crippen LogP contribution in [0, 0.1) is 6.92 Å². The van der Waals surface area contributed by atoms with Crippen LogP contribution in [0.2, 0.25) is 5.02 Å². The third kappa shape index (κ3) is 3.12. The van der Waals surface area contributed by atoms with Gasteiger partial charge in [-0.1, -0.05) is 17.7 Å². The number of anilines is 2. The summed E-state index contributed by atoms with van der Waals surface area (Å²) < 4.78 is 4.78. The number of carbonyl (C=O) groups excluding carboxylic acids is 1. The Labute approximate surface area is 139 Å². The summed E-state index contributed by atoms with van der Waals surface area (Å²) in [4.78, 5) is 16.1. The molecular weight excluding hydrogens is 312 g/mol. The summed E-state index contributed by atoms with van der Waals surface area (Å²) in [5.74, 6) is 0.308. The molecule has 4 nitrogen and oxygen atoms in total. The number of rotatable bonds is 3. The molecule has 0 aliphatic heterocycles. The van der Waals surface area contributed by atoms with Gasteiger partial charge in [0.25, 0.3) is 0 Å². The molecule has 0 radical (unpaired) electrons. The molecule has 116 valence electrons. The van der Waals surface area contributed by atoms with Gasteiger partial charge in [-0.3, -0.25) is 0 Å². The minimum atomic E-state index is -0.371. The van der Waals surface area contributed by atoms with Crippen LogP contribution < -0.4 is 5.32 Å². The van der Waals surface area contributed by atoms with Gasteiger partial charge in [0.05, 0.1) is 12.7 Å². The Kier molecular flexibility index (Phi) is 4.17. The van der Waals surface area contributed by atoms with Crippen molar-refractivity contribution < 1.29 is 9.53 Å². The summed E-state index contributed by atoms with van der Waals surface area (Å²) in [7, 11) is 1.37. The smallest absolute Gasteiger partial charge is 0.337 e. The van der Waals surface area contributed by atoms with Gasteiger partial charge >= 0.3 is 5.97 Å². The predicted molar refractivity (Wildman–Crippen MR) is 92.6 cm³/mol. The highest BCUT2D eigenvalue weighted by Crippen LogP contribution is 2.28. The Morgan fingerprint density at radius 3 is 2.74 bits per heavy atom. The topological polar surface area (TPSA) is 51.2 Å². The van der Waals surface area contributed by atoms with Crippen molar-refractivity contribution >= 4 is 39.8 Å². The second-order valence-corrected chi connectivity index (χ2v) is 5.61. The van der Waals surface area contributed by atoms with E-state index in [-0.39, 0.29) is 5.97 Å². The van der Waals surface area contributed by atoms with Gasteiger partial charge < -0.3 is 10.1 Å². The SMILES string of the molecule is COC(=O)c1ccc2ccnc(Nc3ccc(Cl)cc3C)c2c1. The van der Waals surface area contributed by atoms with Crippen molar-refractivity contribution in [3.05, 3.63) is 64.8 Å². The number of nitrogens with one attached hydrogen (secondary N) is 1. The van der Waals surface area contributed by atoms with Crippen LogP contribution in [0.4, 0.5) is 11.5 Å². The van der Waals surface area contributed by atoms with Crippen LogP contribution in [0.25, 0.3) is 10.8 Å². The van der Waals surface area contributed by atoms with E-state index < -0.39 is 0 Å². The average molecular weight is 327 g/mol. The normalized spacial score (nSPS) is 10.6. The van der Waals surface area contributed by atoms with Crippen LogP contribution >= 0.6 is 11.6 Å². The molecule has 2 aromatic carbocycles. The van der Waals surface area contributed by atoms with E-state index in [0.717, 1.165) is 22.0 Å². The Hall–Kier alpha value is -2.59. The van der Waals surface area contributed by atoms with Crippen LogP contribution in [0.5, 0.6) is 0 Å². The van der Waals surface area contributed by atoms with Crippen molar-refractivity contribution in [1.29, 1.82) is 0 Å². The highest BCUT2D eigenvalue weighted by Gasteiger charge is 2.10. The average Bonchev–Trinajstić information content (AvgIpc) is 2.56. The molecule has 0 saturated heterocycles. The van der Waals surface area contributed by atoms with Gasteiger partial charge in [-0.15, -0.1) is 0 Å². The maximum absolute atomic E-state index is 11.7. The number of aromatic nitrogens is 1. The van der Waals surface area contributed by atoms with Crippen LogP contribution in [0.1, 0.15) is 15.9 Å². The number of esters is 1. The van der Waals surface area contributed by atoms with Crippen molar-refractivity contribution in [2.24, 2.45) is 0 Å². The third-order valence-corrected chi connectivity index (χ3v) is 3.86. The molecule has 0 fully saturated rings. The van der Waals surface area contributed by atoms with E-state index in [1.54, 1.807) is 18.3 Å². The van der Waals surface area contributed by atoms with E-state index in [4.69, 9.17) is 16.3 Å². The fourth-order valence-electron chi connectivity index (χ4n) is 2.41. The largest absolute Gasteiger partial charge is 0.465 e. The molecule has 0 saturated carbocycles. The van der Waals surface area contributed by atoms with Gasteiger partial charge in [0.15, 0.2) is 0 Å². The van der Waals surface area contributed by atoms with E-state index in [1.807, 2.05) is 37.3 Å². The Morgan fingerprint density at radius 2 is 2.00 bits per heavy atom. The number of hydrogen-bond donors (Lipinski definition) is 1. The number of carbonyl (C=O) groups is 1. The molecule has 23 heavy (non-hydrogen) atoms. The van der Waals surface area contributed by atoms with Crippen molar-refractivity contribution in [3.63, 3.8) is 0 Å². The number of fused-ring (bicyclic) bond motifs is 1. The maximum atomic E-state index is 11.7. The van der Waals surface area contributed by atoms with Crippen molar-refractivity contribution in [3.8, 4) is 0 Å². The number of aryl methyl sites for hydroxylation is 1. The Morgan fingerprint density at radius 1 is 1.17 bits per heavy atom. The van der Waals surface area contributed by atoms with E-state index in [2.05, 4.69) is 10.3 Å². The minimum Gasteiger partial charge on any atom is -0.465 e. The fraction of sp³-hybridized carbons (Fsp3) is 0.111. The molecule has 0 atom stereocenters. The van der Waals surface area contributed by atoms with Crippen LogP contribution in [0.15, 0.2) is 48.7 Å². The zero-order valence-electron chi connectivity index (χ0n) is 12.8. The number of benzene rings is 2. The minimum absolute atomic E-state index is 0.371. The van der Waals surface area contributed by atoms with Crippen LogP contribution in [0.3, 0.4) is 0 Å². The zero-order valence-corrected chi connectivity index (χ0v) is 13.5. The Bertz CT molecular complexity index is 893. The first-order valence-corrected chi connectivity index (χ1v) is 7.46. The van der Waals surface area contributed by atoms with Crippen molar-refractivity contribution in [2.75, 3.05) is 12.4 Å². The van der Waals surface area contributed by atoms with E-state index in [9.17, 15) is 4.79 Å². The molecule has 3 rings (SSSR count). The second kappa shape index (κ2) is 6.26. The first-order chi connectivity index (χ1) is 11.1. The van der Waals surface area contributed by atoms with Crippen LogP contribution in [-0.2, 0) is 4.74 Å². The molecule has 0 aliphatic rings.